The van der Waals surface area contributed by atoms with Crippen LogP contribution in [0.2, 0.25) is 0 Å². The molecule has 1 saturated carbocycles. The molecule has 0 spiro atoms. The number of aromatic nitrogens is 2. The summed E-state index contributed by atoms with van der Waals surface area (Å²) >= 11 is 0. The maximum atomic E-state index is 12.9. The highest BCUT2D eigenvalue weighted by Gasteiger charge is 2.21. The first-order valence-corrected chi connectivity index (χ1v) is 8.14. The molecule has 1 fully saturated rings. The summed E-state index contributed by atoms with van der Waals surface area (Å²) in [7, 11) is 0. The first-order valence-electron chi connectivity index (χ1n) is 8.14. The lowest BCUT2D eigenvalue weighted by atomic mass is 9.87. The van der Waals surface area contributed by atoms with Gasteiger partial charge in [-0.15, -0.1) is 5.10 Å². The first-order chi connectivity index (χ1) is 11.5. The minimum absolute atomic E-state index is 0.0688. The van der Waals surface area contributed by atoms with Crippen LogP contribution < -0.4 is 11.1 Å². The van der Waals surface area contributed by atoms with Gasteiger partial charge in [0.25, 0.3) is 0 Å². The Morgan fingerprint density at radius 1 is 1.29 bits per heavy atom. The Morgan fingerprint density at radius 3 is 2.62 bits per heavy atom. The fraction of sp³-hybridized carbons (Fsp3) is 0.471. The zero-order valence-corrected chi connectivity index (χ0v) is 13.5. The van der Waals surface area contributed by atoms with E-state index in [1.54, 1.807) is 0 Å². The van der Waals surface area contributed by atoms with E-state index in [0.29, 0.717) is 11.5 Å². The SMILES string of the molecule is CC1CCC(NC(=O)Cn2nc(-c3ccc(F)cc3)oc2=O)CC1. The van der Waals surface area contributed by atoms with Gasteiger partial charge in [-0.1, -0.05) is 6.92 Å². The highest BCUT2D eigenvalue weighted by atomic mass is 19.1. The van der Waals surface area contributed by atoms with Crippen molar-refractivity contribution in [2.24, 2.45) is 5.92 Å². The van der Waals surface area contributed by atoms with E-state index < -0.39 is 5.76 Å². The van der Waals surface area contributed by atoms with Gasteiger partial charge >= 0.3 is 5.76 Å². The second kappa shape index (κ2) is 6.98. The number of amides is 1. The minimum Gasteiger partial charge on any atom is -0.388 e. The number of halogens is 1. The van der Waals surface area contributed by atoms with Crippen LogP contribution in [0.4, 0.5) is 4.39 Å². The van der Waals surface area contributed by atoms with Crippen molar-refractivity contribution in [1.29, 1.82) is 0 Å². The van der Waals surface area contributed by atoms with Crippen molar-refractivity contribution in [3.05, 3.63) is 40.6 Å². The molecule has 0 saturated heterocycles. The van der Waals surface area contributed by atoms with Crippen LogP contribution >= 0.6 is 0 Å². The Kier molecular flexibility index (Phi) is 4.78. The van der Waals surface area contributed by atoms with E-state index in [2.05, 4.69) is 17.3 Å². The van der Waals surface area contributed by atoms with Crippen LogP contribution in [0.15, 0.2) is 33.5 Å². The standard InChI is InChI=1S/C17H20FN3O3/c1-11-2-8-14(9-3-11)19-15(22)10-21-17(23)24-16(20-21)12-4-6-13(18)7-5-12/h4-7,11,14H,2-3,8-10H2,1H3,(H,19,22). The van der Waals surface area contributed by atoms with Crippen LogP contribution in [0.25, 0.3) is 11.5 Å². The molecule has 0 aliphatic heterocycles. The molecule has 0 unspecified atom stereocenters. The molecule has 24 heavy (non-hydrogen) atoms. The summed E-state index contributed by atoms with van der Waals surface area (Å²) < 4.78 is 19.0. The topological polar surface area (TPSA) is 77.1 Å². The third kappa shape index (κ3) is 3.90. The van der Waals surface area contributed by atoms with E-state index in [1.807, 2.05) is 0 Å². The molecule has 7 heteroatoms. The van der Waals surface area contributed by atoms with Gasteiger partial charge in [0.2, 0.25) is 11.8 Å². The molecule has 1 amide bonds. The van der Waals surface area contributed by atoms with Gasteiger partial charge in [0.15, 0.2) is 0 Å². The van der Waals surface area contributed by atoms with Gasteiger partial charge in [0, 0.05) is 11.6 Å². The van der Waals surface area contributed by atoms with Crippen LogP contribution in [0.5, 0.6) is 0 Å². The molecule has 2 aromatic rings. The van der Waals surface area contributed by atoms with Gasteiger partial charge in [-0.3, -0.25) is 4.79 Å². The largest absolute Gasteiger partial charge is 0.437 e. The highest BCUT2D eigenvalue weighted by molar-refractivity contribution is 5.76. The van der Waals surface area contributed by atoms with Crippen molar-refractivity contribution < 1.29 is 13.6 Å². The second-order valence-corrected chi connectivity index (χ2v) is 6.36. The molecular formula is C17H20FN3O3. The molecule has 0 atom stereocenters. The van der Waals surface area contributed by atoms with Crippen molar-refractivity contribution in [2.45, 2.75) is 45.2 Å². The molecular weight excluding hydrogens is 313 g/mol. The second-order valence-electron chi connectivity index (χ2n) is 6.36. The number of hydrogen-bond donors (Lipinski definition) is 1. The predicted octanol–water partition coefficient (Wildman–Crippen LogP) is 2.34. The van der Waals surface area contributed by atoms with Crippen LogP contribution in [0.1, 0.15) is 32.6 Å². The average Bonchev–Trinajstić information content (AvgIpc) is 2.91. The molecule has 0 radical (unpaired) electrons. The van der Waals surface area contributed by atoms with E-state index >= 15 is 0 Å². The van der Waals surface area contributed by atoms with Crippen molar-refractivity contribution in [1.82, 2.24) is 15.1 Å². The van der Waals surface area contributed by atoms with Crippen LogP contribution in [0, 0.1) is 11.7 Å². The number of hydrogen-bond acceptors (Lipinski definition) is 4. The number of carbonyl (C=O) groups is 1. The summed E-state index contributed by atoms with van der Waals surface area (Å²) in [6.07, 6.45) is 4.12. The van der Waals surface area contributed by atoms with Crippen LogP contribution in [-0.4, -0.2) is 21.7 Å². The maximum Gasteiger partial charge on any atom is 0.437 e. The van der Waals surface area contributed by atoms with Crippen molar-refractivity contribution in [3.8, 4) is 11.5 Å². The van der Waals surface area contributed by atoms with Gasteiger partial charge in [0.1, 0.15) is 12.4 Å². The summed E-state index contributed by atoms with van der Waals surface area (Å²) in [5.41, 5.74) is 0.480. The Hall–Kier alpha value is -2.44. The summed E-state index contributed by atoms with van der Waals surface area (Å²) in [5.74, 6) is -0.576. The summed E-state index contributed by atoms with van der Waals surface area (Å²) in [5, 5.41) is 6.95. The minimum atomic E-state index is -0.707. The van der Waals surface area contributed by atoms with E-state index in [1.165, 1.54) is 24.3 Å². The van der Waals surface area contributed by atoms with Gasteiger partial charge < -0.3 is 9.73 Å². The average molecular weight is 333 g/mol. The molecule has 128 valence electrons. The molecule has 1 aliphatic rings. The summed E-state index contributed by atoms with van der Waals surface area (Å²) in [4.78, 5) is 23.9. The van der Waals surface area contributed by atoms with Crippen LogP contribution in [-0.2, 0) is 11.3 Å². The number of nitrogens with one attached hydrogen (secondary N) is 1. The van der Waals surface area contributed by atoms with E-state index in [9.17, 15) is 14.0 Å². The quantitative estimate of drug-likeness (QED) is 0.931. The summed E-state index contributed by atoms with van der Waals surface area (Å²) in [6, 6.07) is 5.60. The lowest BCUT2D eigenvalue weighted by Gasteiger charge is -2.26. The molecule has 3 rings (SSSR count). The highest BCUT2D eigenvalue weighted by Crippen LogP contribution is 2.23. The lowest BCUT2D eigenvalue weighted by molar-refractivity contribution is -0.122. The van der Waals surface area contributed by atoms with Crippen molar-refractivity contribution in [3.63, 3.8) is 0 Å². The molecule has 1 N–H and O–H groups in total. The Bertz CT molecular complexity index is 758. The third-order valence-corrected chi connectivity index (χ3v) is 4.37. The number of nitrogens with zero attached hydrogens (tertiary/aromatic N) is 2. The van der Waals surface area contributed by atoms with E-state index in [-0.39, 0.29) is 30.2 Å². The number of benzene rings is 1. The molecule has 0 bridgehead atoms. The molecule has 1 aromatic heterocycles. The monoisotopic (exact) mass is 333 g/mol. The predicted molar refractivity (Wildman–Crippen MR) is 85.7 cm³/mol. The van der Waals surface area contributed by atoms with Crippen LogP contribution in [0.3, 0.4) is 0 Å². The Balaban J connectivity index is 1.64. The maximum absolute atomic E-state index is 12.9. The van der Waals surface area contributed by atoms with Gasteiger partial charge in [0.05, 0.1) is 0 Å². The molecule has 1 aliphatic carbocycles. The van der Waals surface area contributed by atoms with Crippen molar-refractivity contribution in [2.75, 3.05) is 0 Å². The Labute approximate surface area is 138 Å². The fourth-order valence-corrected chi connectivity index (χ4v) is 2.93. The van der Waals surface area contributed by atoms with Gasteiger partial charge in [-0.25, -0.2) is 9.18 Å². The smallest absolute Gasteiger partial charge is 0.388 e. The normalized spacial score (nSPS) is 20.8. The van der Waals surface area contributed by atoms with Gasteiger partial charge in [-0.05, 0) is 55.9 Å². The number of rotatable bonds is 4. The van der Waals surface area contributed by atoms with Gasteiger partial charge in [-0.2, -0.15) is 4.68 Å². The third-order valence-electron chi connectivity index (χ3n) is 4.37. The van der Waals surface area contributed by atoms with E-state index in [0.717, 1.165) is 30.4 Å². The molecule has 6 nitrogen and oxygen atoms in total. The first kappa shape index (κ1) is 16.4. The number of carbonyl (C=O) groups excluding carboxylic acids is 1. The molecule has 1 heterocycles. The zero-order chi connectivity index (χ0) is 17.1. The van der Waals surface area contributed by atoms with Crippen molar-refractivity contribution >= 4 is 5.91 Å². The lowest BCUT2D eigenvalue weighted by Crippen LogP contribution is -2.40. The molecule has 1 aromatic carbocycles. The summed E-state index contributed by atoms with van der Waals surface area (Å²) in [6.45, 7) is 2.03. The Morgan fingerprint density at radius 2 is 1.96 bits per heavy atom. The fourth-order valence-electron chi connectivity index (χ4n) is 2.93. The van der Waals surface area contributed by atoms with E-state index in [4.69, 9.17) is 4.42 Å². The zero-order valence-electron chi connectivity index (χ0n) is 13.5.